The first-order valence-corrected chi connectivity index (χ1v) is 12.2. The van der Waals surface area contributed by atoms with Crippen LogP contribution < -0.4 is 15.4 Å². The van der Waals surface area contributed by atoms with Gasteiger partial charge in [0.15, 0.2) is 0 Å². The molecule has 0 spiro atoms. The van der Waals surface area contributed by atoms with Gasteiger partial charge in [0.25, 0.3) is 0 Å². The van der Waals surface area contributed by atoms with Gasteiger partial charge in [0.2, 0.25) is 5.91 Å². The SMILES string of the molecule is Cc1cc(Cl)cc(-c2ccnc3cc(CC4C(=O)NCC4O)sc23)c1OC1CCCNC1. The third-order valence-electron chi connectivity index (χ3n) is 6.24. The number of carbonyl (C=O) groups is 1. The fourth-order valence-corrected chi connectivity index (χ4v) is 6.04. The first kappa shape index (κ1) is 21.6. The summed E-state index contributed by atoms with van der Waals surface area (Å²) in [5, 5.41) is 17.0. The lowest BCUT2D eigenvalue weighted by Gasteiger charge is -2.26. The van der Waals surface area contributed by atoms with Gasteiger partial charge in [-0.15, -0.1) is 11.3 Å². The molecule has 3 N–H and O–H groups in total. The maximum Gasteiger partial charge on any atom is 0.226 e. The third-order valence-corrected chi connectivity index (χ3v) is 7.63. The number of pyridine rings is 1. The van der Waals surface area contributed by atoms with Crippen LogP contribution in [0.15, 0.2) is 30.5 Å². The van der Waals surface area contributed by atoms with Crippen molar-refractivity contribution in [1.29, 1.82) is 0 Å². The van der Waals surface area contributed by atoms with E-state index < -0.39 is 12.0 Å². The fourth-order valence-electron chi connectivity index (χ4n) is 4.57. The molecule has 3 aromatic rings. The summed E-state index contributed by atoms with van der Waals surface area (Å²) in [5.74, 6) is 0.346. The van der Waals surface area contributed by atoms with Crippen LogP contribution in [0.3, 0.4) is 0 Å². The molecule has 0 aliphatic carbocycles. The molecule has 6 nitrogen and oxygen atoms in total. The molecule has 4 heterocycles. The van der Waals surface area contributed by atoms with Crippen LogP contribution in [0.4, 0.5) is 0 Å². The van der Waals surface area contributed by atoms with Gasteiger partial charge in [-0.3, -0.25) is 9.78 Å². The molecule has 2 aromatic heterocycles. The molecule has 0 radical (unpaired) electrons. The van der Waals surface area contributed by atoms with Crippen LogP contribution in [-0.2, 0) is 11.2 Å². The van der Waals surface area contributed by atoms with Crippen molar-refractivity contribution in [3.63, 3.8) is 0 Å². The maximum atomic E-state index is 12.1. The Bertz CT molecular complexity index is 1160. The average molecular weight is 472 g/mol. The second kappa shape index (κ2) is 8.98. The van der Waals surface area contributed by atoms with E-state index in [-0.39, 0.29) is 12.0 Å². The Hall–Kier alpha value is -2.19. The lowest BCUT2D eigenvalue weighted by atomic mass is 10.00. The predicted octanol–water partition coefficient (Wildman–Crippen LogP) is 3.71. The average Bonchev–Trinajstić information content (AvgIpc) is 3.34. The molecule has 0 saturated carbocycles. The quantitative estimate of drug-likeness (QED) is 0.528. The highest BCUT2D eigenvalue weighted by molar-refractivity contribution is 7.19. The number of β-amino-alcohol motifs (C(OH)–C–C–N with tert-alkyl or cyclic N) is 1. The highest BCUT2D eigenvalue weighted by Gasteiger charge is 2.33. The van der Waals surface area contributed by atoms with Crippen LogP contribution in [0.2, 0.25) is 5.02 Å². The van der Waals surface area contributed by atoms with E-state index in [1.54, 1.807) is 17.5 Å². The number of benzene rings is 1. The van der Waals surface area contributed by atoms with Crippen molar-refractivity contribution in [3.8, 4) is 16.9 Å². The van der Waals surface area contributed by atoms with Crippen molar-refractivity contribution in [3.05, 3.63) is 45.9 Å². The van der Waals surface area contributed by atoms with E-state index in [1.807, 2.05) is 31.2 Å². The summed E-state index contributed by atoms with van der Waals surface area (Å²) >= 11 is 8.08. The molecule has 1 amide bonds. The van der Waals surface area contributed by atoms with Crippen molar-refractivity contribution < 1.29 is 14.6 Å². The number of hydrogen-bond donors (Lipinski definition) is 3. The molecule has 3 unspecified atom stereocenters. The molecule has 1 aromatic carbocycles. The number of nitrogens with one attached hydrogen (secondary N) is 2. The molecular formula is C24H26ClN3O3S. The number of hydrogen-bond acceptors (Lipinski definition) is 6. The van der Waals surface area contributed by atoms with Gasteiger partial charge in [-0.05, 0) is 62.6 Å². The largest absolute Gasteiger partial charge is 0.488 e. The van der Waals surface area contributed by atoms with Gasteiger partial charge in [-0.25, -0.2) is 0 Å². The Morgan fingerprint density at radius 3 is 2.91 bits per heavy atom. The van der Waals surface area contributed by atoms with Crippen molar-refractivity contribution in [2.45, 2.75) is 38.4 Å². The van der Waals surface area contributed by atoms with E-state index in [1.165, 1.54) is 0 Å². The van der Waals surface area contributed by atoms with Gasteiger partial charge in [-0.1, -0.05) is 11.6 Å². The summed E-state index contributed by atoms with van der Waals surface area (Å²) in [5.41, 5.74) is 3.86. The van der Waals surface area contributed by atoms with Crippen LogP contribution in [-0.4, -0.2) is 47.8 Å². The highest BCUT2D eigenvalue weighted by Crippen LogP contribution is 2.42. The van der Waals surface area contributed by atoms with Crippen LogP contribution in [0.5, 0.6) is 5.75 Å². The molecule has 2 aliphatic rings. The second-order valence-corrected chi connectivity index (χ2v) is 10.2. The number of aryl methyl sites for hydroxylation is 1. The zero-order valence-corrected chi connectivity index (χ0v) is 19.4. The van der Waals surface area contributed by atoms with Gasteiger partial charge in [-0.2, -0.15) is 0 Å². The van der Waals surface area contributed by atoms with Crippen molar-refractivity contribution in [1.82, 2.24) is 15.6 Å². The summed E-state index contributed by atoms with van der Waals surface area (Å²) in [4.78, 5) is 17.7. The summed E-state index contributed by atoms with van der Waals surface area (Å²) in [6.07, 6.45) is 3.89. The van der Waals surface area contributed by atoms with Gasteiger partial charge in [0.05, 0.1) is 22.2 Å². The van der Waals surface area contributed by atoms with E-state index in [4.69, 9.17) is 16.3 Å². The summed E-state index contributed by atoms with van der Waals surface area (Å²) in [7, 11) is 0. The fraction of sp³-hybridized carbons (Fsp3) is 0.417. The number of aromatic nitrogens is 1. The van der Waals surface area contributed by atoms with Crippen molar-refractivity contribution in [2.75, 3.05) is 19.6 Å². The Morgan fingerprint density at radius 2 is 2.16 bits per heavy atom. The highest BCUT2D eigenvalue weighted by atomic mass is 35.5. The molecule has 168 valence electrons. The molecule has 2 saturated heterocycles. The number of fused-ring (bicyclic) bond motifs is 1. The van der Waals surface area contributed by atoms with Crippen LogP contribution in [0.1, 0.15) is 23.3 Å². The van der Waals surface area contributed by atoms with E-state index in [9.17, 15) is 9.90 Å². The van der Waals surface area contributed by atoms with Crippen LogP contribution in [0, 0.1) is 12.8 Å². The number of rotatable bonds is 5. The van der Waals surface area contributed by atoms with Crippen LogP contribution in [0.25, 0.3) is 21.3 Å². The number of piperidine rings is 1. The normalized spacial score (nSPS) is 23.5. The zero-order chi connectivity index (χ0) is 22.2. The molecule has 3 atom stereocenters. The third kappa shape index (κ3) is 4.22. The number of ether oxygens (including phenoxy) is 1. The van der Waals surface area contributed by atoms with Gasteiger partial charge >= 0.3 is 0 Å². The molecular weight excluding hydrogens is 446 g/mol. The Morgan fingerprint density at radius 1 is 1.28 bits per heavy atom. The lowest BCUT2D eigenvalue weighted by molar-refractivity contribution is -0.123. The number of thiophene rings is 1. The zero-order valence-electron chi connectivity index (χ0n) is 17.9. The van der Waals surface area contributed by atoms with Crippen molar-refractivity contribution in [2.24, 2.45) is 5.92 Å². The molecule has 8 heteroatoms. The Kier molecular flexibility index (Phi) is 6.07. The monoisotopic (exact) mass is 471 g/mol. The number of carbonyl (C=O) groups excluding carboxylic acids is 1. The van der Waals surface area contributed by atoms with E-state index in [0.29, 0.717) is 18.0 Å². The number of nitrogens with zero attached hydrogens (tertiary/aromatic N) is 1. The van der Waals surface area contributed by atoms with E-state index in [2.05, 4.69) is 15.6 Å². The minimum absolute atomic E-state index is 0.0922. The minimum Gasteiger partial charge on any atom is -0.488 e. The topological polar surface area (TPSA) is 83.5 Å². The van der Waals surface area contributed by atoms with Gasteiger partial charge in [0, 0.05) is 40.3 Å². The summed E-state index contributed by atoms with van der Waals surface area (Å²) < 4.78 is 7.53. The number of aliphatic hydroxyl groups is 1. The van der Waals surface area contributed by atoms with Crippen LogP contribution >= 0.6 is 22.9 Å². The van der Waals surface area contributed by atoms with E-state index in [0.717, 1.165) is 63.5 Å². The summed E-state index contributed by atoms with van der Waals surface area (Å²) in [6, 6.07) is 7.92. The van der Waals surface area contributed by atoms with Gasteiger partial charge < -0.3 is 20.5 Å². The number of amides is 1. The predicted molar refractivity (Wildman–Crippen MR) is 128 cm³/mol. The standard InChI is InChI=1S/C24H26ClN3O3S/c1-13-7-14(25)8-18(22(13)31-15-3-2-5-26-11-15)17-4-6-27-20-10-16(32-23(17)20)9-19-21(29)12-28-24(19)30/h4,6-8,10,15,19,21,26,29H,2-3,5,9,11-12H2,1H3,(H,28,30). The van der Waals surface area contributed by atoms with E-state index >= 15 is 0 Å². The second-order valence-electron chi connectivity index (χ2n) is 8.59. The molecule has 2 fully saturated rings. The van der Waals surface area contributed by atoms with Gasteiger partial charge in [0.1, 0.15) is 11.9 Å². The molecule has 32 heavy (non-hydrogen) atoms. The Labute approximate surface area is 196 Å². The maximum absolute atomic E-state index is 12.1. The summed E-state index contributed by atoms with van der Waals surface area (Å²) in [6.45, 7) is 4.21. The molecule has 0 bridgehead atoms. The molecule has 5 rings (SSSR count). The Balaban J connectivity index is 1.54. The number of halogens is 1. The smallest absolute Gasteiger partial charge is 0.226 e. The first-order valence-electron chi connectivity index (χ1n) is 11.0. The van der Waals surface area contributed by atoms with Crippen molar-refractivity contribution >= 4 is 39.1 Å². The lowest BCUT2D eigenvalue weighted by Crippen LogP contribution is -2.37. The minimum atomic E-state index is -0.653. The first-order chi connectivity index (χ1) is 15.5. The molecule has 2 aliphatic heterocycles. The number of aliphatic hydroxyl groups excluding tert-OH is 1.